The third-order valence-electron chi connectivity index (χ3n) is 8.39. The largest absolute Gasteiger partial charge is 0.472 e. The highest BCUT2D eigenvalue weighted by molar-refractivity contribution is 9.09. The van der Waals surface area contributed by atoms with Gasteiger partial charge in [0, 0.05) is 24.9 Å². The molecule has 7 nitrogen and oxygen atoms in total. The number of amides is 1. The first-order valence-electron chi connectivity index (χ1n) is 19.0. The van der Waals surface area contributed by atoms with E-state index in [0.717, 1.165) is 25.7 Å². The van der Waals surface area contributed by atoms with E-state index in [2.05, 4.69) is 35.1 Å². The first-order valence-corrected chi connectivity index (χ1v) is 21.6. The Balaban J connectivity index is 4.01. The first-order chi connectivity index (χ1) is 21.9. The molecule has 0 aromatic heterocycles. The van der Waals surface area contributed by atoms with E-state index >= 15 is 0 Å². The van der Waals surface area contributed by atoms with Crippen molar-refractivity contribution in [2.45, 2.75) is 193 Å². The van der Waals surface area contributed by atoms with Crippen LogP contribution < -0.4 is 5.32 Å². The summed E-state index contributed by atoms with van der Waals surface area (Å²) in [6, 6.07) is 0. The maximum absolute atomic E-state index is 12.5. The fourth-order valence-electron chi connectivity index (χ4n) is 5.52. The van der Waals surface area contributed by atoms with Crippen LogP contribution >= 0.6 is 23.8 Å². The van der Waals surface area contributed by atoms with Gasteiger partial charge >= 0.3 is 7.82 Å². The molecular formula is C36H73BrNO6P. The lowest BCUT2D eigenvalue weighted by atomic mass is 10.0. The number of halogens is 1. The van der Waals surface area contributed by atoms with Crippen LogP contribution in [0.5, 0.6) is 0 Å². The quantitative estimate of drug-likeness (QED) is 0.0376. The smallest absolute Gasteiger partial charge is 0.374 e. The van der Waals surface area contributed by atoms with Crippen molar-refractivity contribution < 1.29 is 28.0 Å². The second kappa shape index (κ2) is 35.3. The van der Waals surface area contributed by atoms with E-state index in [1.54, 1.807) is 0 Å². The van der Waals surface area contributed by atoms with Crippen LogP contribution in [-0.4, -0.2) is 48.6 Å². The van der Waals surface area contributed by atoms with Gasteiger partial charge in [-0.1, -0.05) is 184 Å². The van der Waals surface area contributed by atoms with Gasteiger partial charge in [0.1, 0.15) is 0 Å². The summed E-state index contributed by atoms with van der Waals surface area (Å²) in [4.78, 5) is 22.4. The summed E-state index contributed by atoms with van der Waals surface area (Å²) < 4.78 is 28.1. The first kappa shape index (κ1) is 45.0. The van der Waals surface area contributed by atoms with Crippen LogP contribution in [0.4, 0.5) is 0 Å². The maximum atomic E-state index is 12.5. The average molecular weight is 727 g/mol. The Hall–Kier alpha value is 0.0200. The van der Waals surface area contributed by atoms with E-state index in [1.165, 1.54) is 141 Å². The molecule has 0 rings (SSSR count). The van der Waals surface area contributed by atoms with Crippen LogP contribution in [0.1, 0.15) is 187 Å². The number of carbonyl (C=O) groups is 1. The Morgan fingerprint density at radius 3 is 1.44 bits per heavy atom. The number of hydrogen-bond donors (Lipinski definition) is 2. The van der Waals surface area contributed by atoms with Gasteiger partial charge in [-0.2, -0.15) is 0 Å². The van der Waals surface area contributed by atoms with E-state index < -0.39 is 13.9 Å². The monoisotopic (exact) mass is 725 g/mol. The fraction of sp³-hybridized carbons (Fsp3) is 0.972. The van der Waals surface area contributed by atoms with Gasteiger partial charge in [0.15, 0.2) is 0 Å². The minimum absolute atomic E-state index is 0.00397. The van der Waals surface area contributed by atoms with Crippen molar-refractivity contribution in [1.29, 1.82) is 0 Å². The number of carbonyl (C=O) groups excluding carboxylic acids is 1. The van der Waals surface area contributed by atoms with Crippen molar-refractivity contribution in [3.63, 3.8) is 0 Å². The molecule has 0 aliphatic carbocycles. The molecular weight excluding hydrogens is 653 g/mol. The number of unbranched alkanes of at least 4 members (excludes halogenated alkanes) is 24. The Morgan fingerprint density at radius 1 is 0.622 bits per heavy atom. The molecule has 0 aromatic rings. The van der Waals surface area contributed by atoms with E-state index in [0.29, 0.717) is 18.4 Å². The molecule has 0 radical (unpaired) electrons. The van der Waals surface area contributed by atoms with Crippen LogP contribution in [-0.2, 0) is 23.1 Å². The van der Waals surface area contributed by atoms with E-state index in [-0.39, 0.29) is 25.7 Å². The van der Waals surface area contributed by atoms with Crippen LogP contribution in [0.25, 0.3) is 0 Å². The molecule has 0 heterocycles. The summed E-state index contributed by atoms with van der Waals surface area (Å²) in [6.45, 7) is 5.30. The zero-order chi connectivity index (χ0) is 33.1. The Labute approximate surface area is 287 Å². The number of nitrogens with one attached hydrogen (secondary N) is 1. The van der Waals surface area contributed by atoms with Crippen LogP contribution in [0.2, 0.25) is 0 Å². The molecule has 0 fully saturated rings. The van der Waals surface area contributed by atoms with E-state index in [1.807, 2.05) is 0 Å². The van der Waals surface area contributed by atoms with Crippen molar-refractivity contribution in [3.05, 3.63) is 0 Å². The van der Waals surface area contributed by atoms with Gasteiger partial charge in [-0.05, 0) is 12.8 Å². The van der Waals surface area contributed by atoms with Gasteiger partial charge in [-0.15, -0.1) is 0 Å². The van der Waals surface area contributed by atoms with Gasteiger partial charge < -0.3 is 14.9 Å². The molecule has 1 amide bonds. The number of ether oxygens (including phenoxy) is 1. The minimum Gasteiger partial charge on any atom is -0.374 e. The predicted octanol–water partition coefficient (Wildman–Crippen LogP) is 11.6. The molecule has 2 unspecified atom stereocenters. The number of phosphoric acid groups is 1. The van der Waals surface area contributed by atoms with Crippen molar-refractivity contribution in [2.75, 3.05) is 31.7 Å². The summed E-state index contributed by atoms with van der Waals surface area (Å²) >= 11 is 3.18. The van der Waals surface area contributed by atoms with Crippen LogP contribution in [0, 0.1) is 0 Å². The second-order valence-electron chi connectivity index (χ2n) is 12.8. The minimum atomic E-state index is -4.15. The molecule has 0 saturated heterocycles. The molecule has 0 bridgehead atoms. The average Bonchev–Trinajstić information content (AvgIpc) is 3.03. The third kappa shape index (κ3) is 35.2. The Kier molecular flexibility index (Phi) is 35.3. The number of rotatable bonds is 37. The number of phosphoric ester groups is 1. The summed E-state index contributed by atoms with van der Waals surface area (Å²) in [5, 5.41) is 3.38. The maximum Gasteiger partial charge on any atom is 0.472 e. The molecule has 0 spiro atoms. The molecule has 45 heavy (non-hydrogen) atoms. The molecule has 2 N–H and O–H groups in total. The normalized spacial score (nSPS) is 13.6. The standard InChI is InChI=1S/C36H73BrNO6P/c1-3-5-7-9-11-13-15-16-17-18-19-21-23-25-27-29-36(39)38-33-35(34-44-45(40,41)43-32-30-37)42-31-28-26-24-22-20-14-12-10-8-6-4-2/h35H,3-34H2,1-2H3,(H,38,39)(H,40,41). The molecule has 2 atom stereocenters. The lowest BCUT2D eigenvalue weighted by Gasteiger charge is -2.20. The van der Waals surface area contributed by atoms with Crippen molar-refractivity contribution in [1.82, 2.24) is 5.32 Å². The molecule has 270 valence electrons. The number of hydrogen-bond acceptors (Lipinski definition) is 5. The highest BCUT2D eigenvalue weighted by atomic mass is 79.9. The highest BCUT2D eigenvalue weighted by Gasteiger charge is 2.23. The van der Waals surface area contributed by atoms with Gasteiger partial charge in [0.2, 0.25) is 5.91 Å². The molecule has 0 aromatic carbocycles. The van der Waals surface area contributed by atoms with Crippen molar-refractivity contribution >= 4 is 29.7 Å². The SMILES string of the molecule is CCCCCCCCCCCCCCCCCC(=O)NCC(COP(=O)(O)OCCBr)OCCCCCCCCCCCCC. The Morgan fingerprint density at radius 2 is 1.02 bits per heavy atom. The lowest BCUT2D eigenvalue weighted by molar-refractivity contribution is -0.122. The lowest BCUT2D eigenvalue weighted by Crippen LogP contribution is -2.36. The van der Waals surface area contributed by atoms with Gasteiger partial charge in [0.25, 0.3) is 0 Å². The van der Waals surface area contributed by atoms with Crippen LogP contribution in [0.3, 0.4) is 0 Å². The van der Waals surface area contributed by atoms with Gasteiger partial charge in [-0.25, -0.2) is 4.57 Å². The zero-order valence-corrected chi connectivity index (χ0v) is 32.0. The van der Waals surface area contributed by atoms with Crippen molar-refractivity contribution in [3.8, 4) is 0 Å². The summed E-state index contributed by atoms with van der Waals surface area (Å²) in [5.74, 6) is -0.00397. The Bertz CT molecular complexity index is 671. The van der Waals surface area contributed by atoms with E-state index in [9.17, 15) is 14.3 Å². The van der Waals surface area contributed by atoms with Crippen molar-refractivity contribution in [2.24, 2.45) is 0 Å². The van der Waals surface area contributed by atoms with Gasteiger partial charge in [0.05, 0.1) is 19.3 Å². The zero-order valence-electron chi connectivity index (χ0n) is 29.5. The number of alkyl halides is 1. The molecule has 0 aliphatic rings. The topological polar surface area (TPSA) is 94.1 Å². The molecule has 0 saturated carbocycles. The second-order valence-corrected chi connectivity index (χ2v) is 15.1. The highest BCUT2D eigenvalue weighted by Crippen LogP contribution is 2.43. The van der Waals surface area contributed by atoms with E-state index in [4.69, 9.17) is 13.8 Å². The van der Waals surface area contributed by atoms with Crippen LogP contribution in [0.15, 0.2) is 0 Å². The summed E-state index contributed by atoms with van der Waals surface area (Å²) in [7, 11) is -4.15. The summed E-state index contributed by atoms with van der Waals surface area (Å²) in [6.07, 6.45) is 33.4. The molecule has 0 aliphatic heterocycles. The predicted molar refractivity (Wildman–Crippen MR) is 194 cm³/mol. The fourth-order valence-corrected chi connectivity index (χ4v) is 6.68. The third-order valence-corrected chi connectivity index (χ3v) is 9.70. The van der Waals surface area contributed by atoms with Gasteiger partial charge in [-0.3, -0.25) is 13.8 Å². The summed E-state index contributed by atoms with van der Waals surface area (Å²) in [5.41, 5.74) is 0. The molecule has 9 heteroatoms.